The Morgan fingerprint density at radius 1 is 1.18 bits per heavy atom. The van der Waals surface area contributed by atoms with Crippen LogP contribution < -0.4 is 4.90 Å². The Bertz CT molecular complexity index is 585. The number of aliphatic carboxylic acids is 1. The molecule has 0 unspecified atom stereocenters. The van der Waals surface area contributed by atoms with Crippen molar-refractivity contribution in [2.45, 2.75) is 53.0 Å². The van der Waals surface area contributed by atoms with Gasteiger partial charge in [0.15, 0.2) is 0 Å². The van der Waals surface area contributed by atoms with Crippen LogP contribution in [-0.4, -0.2) is 16.6 Å². The Hall–Kier alpha value is -1.48. The number of para-hydroxylation sites is 1. The molecule has 3 nitrogen and oxygen atoms in total. The normalized spacial score (nSPS) is 14.8. The summed E-state index contributed by atoms with van der Waals surface area (Å²) >= 11 is 0. The van der Waals surface area contributed by atoms with Gasteiger partial charge in [0.1, 0.15) is 0 Å². The maximum absolute atomic E-state index is 11.4. The molecule has 1 N–H and O–H groups in total. The molecular weight excluding hydrogens is 298 g/mol. The van der Waals surface area contributed by atoms with Crippen molar-refractivity contribution in [1.82, 2.24) is 0 Å². The van der Waals surface area contributed by atoms with E-state index in [1.807, 2.05) is 24.4 Å². The van der Waals surface area contributed by atoms with E-state index in [1.54, 1.807) is 0 Å². The summed E-state index contributed by atoms with van der Waals surface area (Å²) in [6.07, 6.45) is 3.28. The molecule has 22 heavy (non-hydrogen) atoms. The molecule has 1 aliphatic heterocycles. The first kappa shape index (κ1) is 18.6. The minimum Gasteiger partial charge on any atom is -0.478 e. The average Bonchev–Trinajstić information content (AvgIpc) is 2.34. The van der Waals surface area contributed by atoms with Crippen molar-refractivity contribution in [3.63, 3.8) is 0 Å². The zero-order valence-electron chi connectivity index (χ0n) is 14.0. The van der Waals surface area contributed by atoms with Gasteiger partial charge in [0.2, 0.25) is 0 Å². The first-order chi connectivity index (χ1) is 9.60. The summed E-state index contributed by atoms with van der Waals surface area (Å²) in [5.41, 5.74) is 2.69. The zero-order valence-corrected chi connectivity index (χ0v) is 14.8. The molecule has 0 saturated carbocycles. The highest BCUT2D eigenvalue weighted by Gasteiger charge is 2.34. The van der Waals surface area contributed by atoms with E-state index < -0.39 is 5.97 Å². The highest BCUT2D eigenvalue weighted by molar-refractivity contribution is 5.89. The molecule has 1 aliphatic rings. The summed E-state index contributed by atoms with van der Waals surface area (Å²) < 4.78 is 0. The van der Waals surface area contributed by atoms with E-state index >= 15 is 0 Å². The van der Waals surface area contributed by atoms with Crippen LogP contribution in [0.2, 0.25) is 0 Å². The fourth-order valence-electron chi connectivity index (χ4n) is 3.39. The van der Waals surface area contributed by atoms with E-state index in [2.05, 4.69) is 45.6 Å². The maximum atomic E-state index is 11.4. The SMILES string of the molecule is CC(C)(C)CC(C)(C)N1C=C(C(=O)O)Cc2ccccc21.Cl. The summed E-state index contributed by atoms with van der Waals surface area (Å²) in [6.45, 7) is 11.0. The minimum atomic E-state index is -0.832. The van der Waals surface area contributed by atoms with Crippen molar-refractivity contribution in [2.75, 3.05) is 4.90 Å². The van der Waals surface area contributed by atoms with Gasteiger partial charge in [0, 0.05) is 23.8 Å². The lowest BCUT2D eigenvalue weighted by molar-refractivity contribution is -0.132. The van der Waals surface area contributed by atoms with Crippen molar-refractivity contribution in [2.24, 2.45) is 5.41 Å². The highest BCUT2D eigenvalue weighted by atomic mass is 35.5. The Kier molecular flexibility index (Phi) is 5.34. The van der Waals surface area contributed by atoms with E-state index in [0.29, 0.717) is 12.0 Å². The molecule has 0 amide bonds. The smallest absolute Gasteiger partial charge is 0.333 e. The Morgan fingerprint density at radius 3 is 2.32 bits per heavy atom. The molecule has 0 bridgehead atoms. The van der Waals surface area contributed by atoms with Crippen LogP contribution >= 0.6 is 12.4 Å². The van der Waals surface area contributed by atoms with E-state index in [9.17, 15) is 9.90 Å². The van der Waals surface area contributed by atoms with Crippen LogP contribution in [-0.2, 0) is 11.2 Å². The van der Waals surface area contributed by atoms with Gasteiger partial charge >= 0.3 is 5.97 Å². The fraction of sp³-hybridized carbons (Fsp3) is 0.500. The second kappa shape index (κ2) is 6.33. The van der Waals surface area contributed by atoms with Gasteiger partial charge in [-0.3, -0.25) is 0 Å². The average molecular weight is 324 g/mol. The van der Waals surface area contributed by atoms with Gasteiger partial charge in [-0.15, -0.1) is 12.4 Å². The number of carboxylic acids is 1. The monoisotopic (exact) mass is 323 g/mol. The fourth-order valence-corrected chi connectivity index (χ4v) is 3.39. The van der Waals surface area contributed by atoms with Crippen molar-refractivity contribution in [3.8, 4) is 0 Å². The van der Waals surface area contributed by atoms with Crippen LogP contribution in [0.25, 0.3) is 0 Å². The number of halogens is 1. The van der Waals surface area contributed by atoms with Gasteiger partial charge < -0.3 is 10.0 Å². The second-order valence-electron chi connectivity index (χ2n) is 7.68. The lowest BCUT2D eigenvalue weighted by Gasteiger charge is -2.44. The van der Waals surface area contributed by atoms with Gasteiger partial charge in [-0.1, -0.05) is 39.0 Å². The molecule has 0 atom stereocenters. The van der Waals surface area contributed by atoms with Crippen molar-refractivity contribution < 1.29 is 9.90 Å². The zero-order chi connectivity index (χ0) is 15.8. The molecule has 0 spiro atoms. The van der Waals surface area contributed by atoms with Crippen LogP contribution in [0.15, 0.2) is 36.0 Å². The third-order valence-corrected chi connectivity index (χ3v) is 3.81. The minimum absolute atomic E-state index is 0. The lowest BCUT2D eigenvalue weighted by Crippen LogP contribution is -2.45. The van der Waals surface area contributed by atoms with Crippen molar-refractivity contribution >= 4 is 24.1 Å². The first-order valence-corrected chi connectivity index (χ1v) is 7.41. The lowest BCUT2D eigenvalue weighted by atomic mass is 9.80. The van der Waals surface area contributed by atoms with Gasteiger partial charge in [0.05, 0.1) is 5.57 Å². The number of carboxylic acid groups (broad SMARTS) is 1. The van der Waals surface area contributed by atoms with E-state index in [0.717, 1.165) is 17.7 Å². The van der Waals surface area contributed by atoms with Gasteiger partial charge in [0.25, 0.3) is 0 Å². The number of anilines is 1. The number of rotatable bonds is 3. The number of carbonyl (C=O) groups is 1. The standard InChI is InChI=1S/C18H25NO2.ClH/c1-17(2,3)12-18(4,5)19-11-14(16(20)21)10-13-8-6-7-9-15(13)19;/h6-9,11H,10,12H2,1-5H3,(H,20,21);1H. The summed E-state index contributed by atoms with van der Waals surface area (Å²) in [7, 11) is 0. The first-order valence-electron chi connectivity index (χ1n) is 7.41. The van der Waals surface area contributed by atoms with Crippen LogP contribution in [0.5, 0.6) is 0 Å². The molecule has 1 heterocycles. The highest BCUT2D eigenvalue weighted by Crippen LogP contribution is 2.39. The predicted octanol–water partition coefficient (Wildman–Crippen LogP) is 4.65. The summed E-state index contributed by atoms with van der Waals surface area (Å²) in [4.78, 5) is 13.6. The molecule has 2 rings (SSSR count). The topological polar surface area (TPSA) is 40.5 Å². The second-order valence-corrected chi connectivity index (χ2v) is 7.68. The van der Waals surface area contributed by atoms with Crippen molar-refractivity contribution in [1.29, 1.82) is 0 Å². The number of hydrogen-bond donors (Lipinski definition) is 1. The molecule has 1 aromatic carbocycles. The van der Waals surface area contributed by atoms with Gasteiger partial charge in [-0.05, 0) is 37.3 Å². The van der Waals surface area contributed by atoms with Gasteiger partial charge in [-0.2, -0.15) is 0 Å². The molecule has 122 valence electrons. The van der Waals surface area contributed by atoms with Crippen LogP contribution in [0.4, 0.5) is 5.69 Å². The largest absolute Gasteiger partial charge is 0.478 e. The number of nitrogens with zero attached hydrogens (tertiary/aromatic N) is 1. The Labute approximate surface area is 139 Å². The maximum Gasteiger partial charge on any atom is 0.333 e. The molecule has 4 heteroatoms. The number of benzene rings is 1. The third-order valence-electron chi connectivity index (χ3n) is 3.81. The molecular formula is C18H26ClNO2. The van der Waals surface area contributed by atoms with E-state index in [-0.39, 0.29) is 23.4 Å². The molecule has 0 fully saturated rings. The quantitative estimate of drug-likeness (QED) is 0.879. The van der Waals surface area contributed by atoms with E-state index in [4.69, 9.17) is 0 Å². The van der Waals surface area contributed by atoms with E-state index in [1.165, 1.54) is 0 Å². The summed E-state index contributed by atoms with van der Waals surface area (Å²) in [6, 6.07) is 8.08. The summed E-state index contributed by atoms with van der Waals surface area (Å²) in [5, 5.41) is 9.38. The van der Waals surface area contributed by atoms with Crippen LogP contribution in [0, 0.1) is 5.41 Å². The number of fused-ring (bicyclic) bond motifs is 1. The number of hydrogen-bond acceptors (Lipinski definition) is 2. The summed E-state index contributed by atoms with van der Waals surface area (Å²) in [5.74, 6) is -0.832. The Morgan fingerprint density at radius 2 is 1.77 bits per heavy atom. The Balaban J connectivity index is 0.00000242. The molecule has 1 aromatic rings. The van der Waals surface area contributed by atoms with Gasteiger partial charge in [-0.25, -0.2) is 4.79 Å². The van der Waals surface area contributed by atoms with Crippen molar-refractivity contribution in [3.05, 3.63) is 41.6 Å². The van der Waals surface area contributed by atoms with Crippen LogP contribution in [0.3, 0.4) is 0 Å². The molecule has 0 aromatic heterocycles. The predicted molar refractivity (Wildman–Crippen MR) is 93.7 cm³/mol. The van der Waals surface area contributed by atoms with Crippen LogP contribution in [0.1, 0.15) is 46.6 Å². The molecule has 0 saturated heterocycles. The third kappa shape index (κ3) is 4.04. The molecule has 0 aliphatic carbocycles. The molecule has 0 radical (unpaired) electrons.